The van der Waals surface area contributed by atoms with Crippen molar-refractivity contribution in [2.45, 2.75) is 32.9 Å². The Morgan fingerprint density at radius 2 is 2.05 bits per heavy atom. The number of hydrogen-bond acceptors (Lipinski definition) is 3. The van der Waals surface area contributed by atoms with Gasteiger partial charge in [-0.05, 0) is 32.9 Å². The van der Waals surface area contributed by atoms with Crippen LogP contribution in [0.15, 0.2) is 18.2 Å². The smallest absolute Gasteiger partial charge is 0.317 e. The molecule has 1 aromatic rings. The van der Waals surface area contributed by atoms with Crippen LogP contribution in [0.5, 0.6) is 5.75 Å². The summed E-state index contributed by atoms with van der Waals surface area (Å²) in [7, 11) is 1.58. The van der Waals surface area contributed by atoms with E-state index in [1.165, 1.54) is 0 Å². The van der Waals surface area contributed by atoms with Crippen molar-refractivity contribution in [1.29, 1.82) is 0 Å². The fraction of sp³-hybridized carbons (Fsp3) is 0.500. The third kappa shape index (κ3) is 4.40. The van der Waals surface area contributed by atoms with Gasteiger partial charge in [0.05, 0.1) is 13.7 Å². The van der Waals surface area contributed by atoms with Crippen LogP contribution in [0.25, 0.3) is 0 Å². The van der Waals surface area contributed by atoms with Crippen LogP contribution in [-0.4, -0.2) is 35.2 Å². The molecule has 0 aromatic heterocycles. The highest BCUT2D eigenvalue weighted by Crippen LogP contribution is 2.29. The first kappa shape index (κ1) is 15.8. The maximum absolute atomic E-state index is 11.0. The predicted molar refractivity (Wildman–Crippen MR) is 75.8 cm³/mol. The molecule has 0 aliphatic rings. The van der Waals surface area contributed by atoms with Crippen molar-refractivity contribution in [1.82, 2.24) is 4.90 Å². The lowest BCUT2D eigenvalue weighted by Gasteiger charge is -2.34. The molecule has 0 unspecified atom stereocenters. The van der Waals surface area contributed by atoms with Crippen molar-refractivity contribution in [2.75, 3.05) is 13.7 Å². The molecule has 0 fully saturated rings. The lowest BCUT2D eigenvalue weighted by Crippen LogP contribution is -2.43. The normalized spacial score (nSPS) is 11.7. The van der Waals surface area contributed by atoms with Gasteiger partial charge in [-0.2, -0.15) is 0 Å². The number of hydrogen-bond donors (Lipinski definition) is 1. The first-order chi connectivity index (χ1) is 8.75. The van der Waals surface area contributed by atoms with Crippen molar-refractivity contribution in [3.8, 4) is 5.75 Å². The van der Waals surface area contributed by atoms with Crippen LogP contribution in [0.4, 0.5) is 0 Å². The highest BCUT2D eigenvalue weighted by atomic mass is 35.5. The Balaban J connectivity index is 3.06. The summed E-state index contributed by atoms with van der Waals surface area (Å²) in [5, 5.41) is 9.60. The quantitative estimate of drug-likeness (QED) is 0.903. The molecule has 0 saturated carbocycles. The van der Waals surface area contributed by atoms with E-state index in [-0.39, 0.29) is 12.1 Å². The van der Waals surface area contributed by atoms with Crippen molar-refractivity contribution in [3.05, 3.63) is 28.8 Å². The summed E-state index contributed by atoms with van der Waals surface area (Å²) in [6, 6.07) is 5.41. The molecule has 0 aliphatic heterocycles. The monoisotopic (exact) mass is 285 g/mol. The third-order valence-electron chi connectivity index (χ3n) is 2.92. The molecular weight excluding hydrogens is 266 g/mol. The zero-order chi connectivity index (χ0) is 14.6. The summed E-state index contributed by atoms with van der Waals surface area (Å²) in [6.45, 7) is 6.30. The third-order valence-corrected chi connectivity index (χ3v) is 3.27. The minimum Gasteiger partial charge on any atom is -0.496 e. The molecule has 0 saturated heterocycles. The molecule has 0 radical (unpaired) electrons. The van der Waals surface area contributed by atoms with E-state index in [4.69, 9.17) is 21.4 Å². The second-order valence-electron chi connectivity index (χ2n) is 5.34. The Hall–Kier alpha value is -1.26. The molecule has 5 heteroatoms. The fourth-order valence-electron chi connectivity index (χ4n) is 1.77. The number of rotatable bonds is 5. The van der Waals surface area contributed by atoms with Crippen molar-refractivity contribution in [3.63, 3.8) is 0 Å². The zero-order valence-corrected chi connectivity index (χ0v) is 12.5. The molecule has 106 valence electrons. The van der Waals surface area contributed by atoms with E-state index in [1.807, 2.05) is 37.8 Å². The topological polar surface area (TPSA) is 49.8 Å². The van der Waals surface area contributed by atoms with Gasteiger partial charge in [-0.3, -0.25) is 9.69 Å². The molecule has 19 heavy (non-hydrogen) atoms. The van der Waals surface area contributed by atoms with Gasteiger partial charge in [0.1, 0.15) is 5.75 Å². The average Bonchev–Trinajstić information content (AvgIpc) is 2.28. The molecule has 4 nitrogen and oxygen atoms in total. The lowest BCUT2D eigenvalue weighted by molar-refractivity contribution is -0.139. The van der Waals surface area contributed by atoms with Gasteiger partial charge in [-0.1, -0.05) is 17.7 Å². The van der Waals surface area contributed by atoms with Crippen LogP contribution in [-0.2, 0) is 11.3 Å². The molecular formula is C14H20ClNO3. The number of nitrogens with zero attached hydrogens (tertiary/aromatic N) is 1. The van der Waals surface area contributed by atoms with Crippen LogP contribution in [0, 0.1) is 0 Å². The Labute approximate surface area is 118 Å². The first-order valence-corrected chi connectivity index (χ1v) is 6.41. The number of carbonyl (C=O) groups is 1. The van der Waals surface area contributed by atoms with Gasteiger partial charge < -0.3 is 9.84 Å². The van der Waals surface area contributed by atoms with Crippen LogP contribution < -0.4 is 4.74 Å². The standard InChI is InChI=1S/C14H20ClNO3/c1-14(2,3)16(9-13(17)18)8-10-11(15)6-5-7-12(10)19-4/h5-7H,8-9H2,1-4H3,(H,17,18). The van der Waals surface area contributed by atoms with Gasteiger partial charge in [-0.25, -0.2) is 0 Å². The van der Waals surface area contributed by atoms with Crippen LogP contribution >= 0.6 is 11.6 Å². The molecule has 1 rings (SSSR count). The largest absolute Gasteiger partial charge is 0.496 e. The van der Waals surface area contributed by atoms with E-state index in [1.54, 1.807) is 13.2 Å². The second kappa shape index (κ2) is 6.26. The summed E-state index contributed by atoms with van der Waals surface area (Å²) in [6.07, 6.45) is 0. The number of methoxy groups -OCH3 is 1. The van der Waals surface area contributed by atoms with E-state index in [0.29, 0.717) is 17.3 Å². The maximum Gasteiger partial charge on any atom is 0.317 e. The van der Waals surface area contributed by atoms with E-state index >= 15 is 0 Å². The number of benzene rings is 1. The summed E-state index contributed by atoms with van der Waals surface area (Å²) in [4.78, 5) is 12.8. The summed E-state index contributed by atoms with van der Waals surface area (Å²) in [5.74, 6) is -0.187. The highest BCUT2D eigenvalue weighted by Gasteiger charge is 2.25. The van der Waals surface area contributed by atoms with Crippen LogP contribution in [0.2, 0.25) is 5.02 Å². The molecule has 1 aromatic carbocycles. The molecule has 0 bridgehead atoms. The van der Waals surface area contributed by atoms with Crippen molar-refractivity contribution < 1.29 is 14.6 Å². The van der Waals surface area contributed by atoms with Crippen molar-refractivity contribution >= 4 is 17.6 Å². The van der Waals surface area contributed by atoms with E-state index in [0.717, 1.165) is 5.56 Å². The summed E-state index contributed by atoms with van der Waals surface area (Å²) in [5.41, 5.74) is 0.533. The van der Waals surface area contributed by atoms with Gasteiger partial charge >= 0.3 is 5.97 Å². The molecule has 1 N–H and O–H groups in total. The van der Waals surface area contributed by atoms with Gasteiger partial charge in [-0.15, -0.1) is 0 Å². The second-order valence-corrected chi connectivity index (χ2v) is 5.75. The number of carboxylic acids is 1. The number of aliphatic carboxylic acids is 1. The lowest BCUT2D eigenvalue weighted by atomic mass is 10.0. The van der Waals surface area contributed by atoms with Crippen molar-refractivity contribution in [2.24, 2.45) is 0 Å². The van der Waals surface area contributed by atoms with Gasteiger partial charge in [0, 0.05) is 22.7 Å². The Morgan fingerprint density at radius 1 is 1.42 bits per heavy atom. The molecule has 0 heterocycles. The molecule has 0 aliphatic carbocycles. The number of halogens is 1. The Kier molecular flexibility index (Phi) is 5.20. The van der Waals surface area contributed by atoms with E-state index < -0.39 is 5.97 Å². The summed E-state index contributed by atoms with van der Waals surface area (Å²) >= 11 is 6.18. The van der Waals surface area contributed by atoms with Gasteiger partial charge in [0.15, 0.2) is 0 Å². The Bertz CT molecular complexity index is 454. The van der Waals surface area contributed by atoms with Gasteiger partial charge in [0.2, 0.25) is 0 Å². The molecule has 0 atom stereocenters. The number of ether oxygens (including phenoxy) is 1. The SMILES string of the molecule is COc1cccc(Cl)c1CN(CC(=O)O)C(C)(C)C. The van der Waals surface area contributed by atoms with E-state index in [2.05, 4.69) is 0 Å². The maximum atomic E-state index is 11.0. The minimum atomic E-state index is -0.860. The zero-order valence-electron chi connectivity index (χ0n) is 11.7. The minimum absolute atomic E-state index is 0.0438. The molecule has 0 spiro atoms. The fourth-order valence-corrected chi connectivity index (χ4v) is 1.99. The summed E-state index contributed by atoms with van der Waals surface area (Å²) < 4.78 is 5.29. The average molecular weight is 286 g/mol. The van der Waals surface area contributed by atoms with E-state index in [9.17, 15) is 4.79 Å². The highest BCUT2D eigenvalue weighted by molar-refractivity contribution is 6.31. The van der Waals surface area contributed by atoms with Crippen LogP contribution in [0.1, 0.15) is 26.3 Å². The number of carboxylic acid groups (broad SMARTS) is 1. The predicted octanol–water partition coefficient (Wildman–Crippen LogP) is 3.03. The van der Waals surface area contributed by atoms with Crippen LogP contribution in [0.3, 0.4) is 0 Å². The first-order valence-electron chi connectivity index (χ1n) is 6.04. The Morgan fingerprint density at radius 3 is 2.53 bits per heavy atom. The van der Waals surface area contributed by atoms with Gasteiger partial charge in [0.25, 0.3) is 0 Å². The molecule has 0 amide bonds.